The van der Waals surface area contributed by atoms with Crippen molar-refractivity contribution >= 4 is 27.8 Å². The Morgan fingerprint density at radius 2 is 1.91 bits per heavy atom. The molecule has 0 aliphatic rings. The standard InChI is InChI=1S/C25H20FN5O3/c1-2-9-34-22-8-3-14(23(27)32)10-18(22)24-29-19-12-20-21(11-17(19)25(33)30-24)31(13-28-20)16-6-4-15(26)5-7-16/h3-8,10-13H,2,9H2,1H3,(H2,27,32)(H,29,30,33). The van der Waals surface area contributed by atoms with Gasteiger partial charge in [-0.25, -0.2) is 14.4 Å². The van der Waals surface area contributed by atoms with Crippen molar-refractivity contribution in [3.05, 3.63) is 82.7 Å². The Morgan fingerprint density at radius 3 is 2.65 bits per heavy atom. The molecule has 0 saturated carbocycles. The van der Waals surface area contributed by atoms with Crippen molar-refractivity contribution in [3.63, 3.8) is 0 Å². The lowest BCUT2D eigenvalue weighted by molar-refractivity contribution is 0.100. The molecule has 1 amide bonds. The van der Waals surface area contributed by atoms with E-state index in [0.29, 0.717) is 45.5 Å². The molecular formula is C25H20FN5O3. The molecule has 3 N–H and O–H groups in total. The maximum atomic E-state index is 13.3. The molecule has 0 bridgehead atoms. The minimum absolute atomic E-state index is 0.254. The van der Waals surface area contributed by atoms with Crippen LogP contribution in [-0.4, -0.2) is 32.0 Å². The van der Waals surface area contributed by atoms with Crippen LogP contribution in [0.15, 0.2) is 65.7 Å². The molecule has 0 atom stereocenters. The predicted octanol–water partition coefficient (Wildman–Crippen LogP) is 3.96. The number of hydrogen-bond donors (Lipinski definition) is 2. The molecule has 0 fully saturated rings. The lowest BCUT2D eigenvalue weighted by Crippen LogP contribution is -2.13. The molecule has 2 aromatic heterocycles. The third-order valence-electron chi connectivity index (χ3n) is 5.46. The van der Waals surface area contributed by atoms with Crippen LogP contribution in [0.2, 0.25) is 0 Å². The zero-order valence-corrected chi connectivity index (χ0v) is 18.2. The highest BCUT2D eigenvalue weighted by atomic mass is 19.1. The summed E-state index contributed by atoms with van der Waals surface area (Å²) in [5.41, 5.74) is 8.27. The first-order valence-electron chi connectivity index (χ1n) is 10.7. The molecule has 0 unspecified atom stereocenters. The first-order chi connectivity index (χ1) is 16.4. The van der Waals surface area contributed by atoms with Crippen molar-refractivity contribution in [2.24, 2.45) is 5.73 Å². The van der Waals surface area contributed by atoms with Crippen molar-refractivity contribution in [1.82, 2.24) is 19.5 Å². The molecule has 0 aliphatic heterocycles. The van der Waals surface area contributed by atoms with Crippen LogP contribution in [0, 0.1) is 5.82 Å². The van der Waals surface area contributed by atoms with Gasteiger partial charge in [-0.3, -0.25) is 14.2 Å². The second-order valence-electron chi connectivity index (χ2n) is 7.79. The van der Waals surface area contributed by atoms with E-state index >= 15 is 0 Å². The number of hydrogen-bond acceptors (Lipinski definition) is 5. The van der Waals surface area contributed by atoms with Crippen LogP contribution >= 0.6 is 0 Å². The second-order valence-corrected chi connectivity index (χ2v) is 7.79. The Hall–Kier alpha value is -4.53. The summed E-state index contributed by atoms with van der Waals surface area (Å²) in [5.74, 6) is -0.200. The fourth-order valence-corrected chi connectivity index (χ4v) is 3.78. The van der Waals surface area contributed by atoms with Crippen LogP contribution in [0.25, 0.3) is 39.0 Å². The molecule has 0 saturated heterocycles. The van der Waals surface area contributed by atoms with Gasteiger partial charge in [0.1, 0.15) is 23.7 Å². The van der Waals surface area contributed by atoms with Gasteiger partial charge in [-0.1, -0.05) is 6.92 Å². The monoisotopic (exact) mass is 457 g/mol. The second kappa shape index (κ2) is 8.43. The number of nitrogens with one attached hydrogen (secondary N) is 1. The number of rotatable bonds is 6. The third kappa shape index (κ3) is 3.77. The Bertz CT molecular complexity index is 1610. The number of halogens is 1. The molecular weight excluding hydrogens is 437 g/mol. The molecule has 2 heterocycles. The number of ether oxygens (including phenoxy) is 1. The van der Waals surface area contributed by atoms with Crippen molar-refractivity contribution in [1.29, 1.82) is 0 Å². The van der Waals surface area contributed by atoms with E-state index < -0.39 is 5.91 Å². The number of aromatic nitrogens is 4. The van der Waals surface area contributed by atoms with Gasteiger partial charge in [-0.15, -0.1) is 0 Å². The Kier molecular flexibility index (Phi) is 5.29. The fourth-order valence-electron chi connectivity index (χ4n) is 3.78. The number of carbonyl (C=O) groups excluding carboxylic acids is 1. The average Bonchev–Trinajstić information content (AvgIpc) is 3.24. The highest BCUT2D eigenvalue weighted by Gasteiger charge is 2.16. The fraction of sp³-hybridized carbons (Fsp3) is 0.120. The first kappa shape index (κ1) is 21.3. The molecule has 0 spiro atoms. The van der Waals surface area contributed by atoms with Gasteiger partial charge in [0.2, 0.25) is 5.91 Å². The summed E-state index contributed by atoms with van der Waals surface area (Å²) in [6.07, 6.45) is 2.40. The van der Waals surface area contributed by atoms with Gasteiger partial charge in [0, 0.05) is 11.3 Å². The van der Waals surface area contributed by atoms with Crippen LogP contribution in [0.5, 0.6) is 5.75 Å². The van der Waals surface area contributed by atoms with Crippen LogP contribution in [0.1, 0.15) is 23.7 Å². The SMILES string of the molecule is CCCOc1ccc(C(N)=O)cc1-c1nc2cc3ncn(-c4ccc(F)cc4)c3cc2c(=O)[nH]1. The average molecular weight is 457 g/mol. The number of aromatic amines is 1. The summed E-state index contributed by atoms with van der Waals surface area (Å²) in [4.78, 5) is 36.7. The van der Waals surface area contributed by atoms with E-state index in [1.165, 1.54) is 12.1 Å². The minimum Gasteiger partial charge on any atom is -0.493 e. The predicted molar refractivity (Wildman–Crippen MR) is 127 cm³/mol. The van der Waals surface area contributed by atoms with Gasteiger partial charge in [0.05, 0.1) is 34.1 Å². The van der Waals surface area contributed by atoms with Gasteiger partial charge in [0.25, 0.3) is 5.56 Å². The van der Waals surface area contributed by atoms with Crippen molar-refractivity contribution < 1.29 is 13.9 Å². The van der Waals surface area contributed by atoms with E-state index in [-0.39, 0.29) is 22.8 Å². The highest BCUT2D eigenvalue weighted by Crippen LogP contribution is 2.30. The van der Waals surface area contributed by atoms with Crippen molar-refractivity contribution in [3.8, 4) is 22.8 Å². The molecule has 3 aromatic carbocycles. The van der Waals surface area contributed by atoms with Gasteiger partial charge in [0.15, 0.2) is 0 Å². The maximum absolute atomic E-state index is 13.3. The number of nitrogens with zero attached hydrogens (tertiary/aromatic N) is 3. The van der Waals surface area contributed by atoms with Crippen LogP contribution in [0.3, 0.4) is 0 Å². The molecule has 8 nitrogen and oxygen atoms in total. The number of carbonyl (C=O) groups is 1. The molecule has 5 aromatic rings. The molecule has 5 rings (SSSR count). The van der Waals surface area contributed by atoms with E-state index in [1.54, 1.807) is 53.4 Å². The highest BCUT2D eigenvalue weighted by molar-refractivity contribution is 5.96. The van der Waals surface area contributed by atoms with Gasteiger partial charge < -0.3 is 15.5 Å². The number of nitrogens with two attached hydrogens (primary N) is 1. The molecule has 170 valence electrons. The molecule has 34 heavy (non-hydrogen) atoms. The lowest BCUT2D eigenvalue weighted by atomic mass is 10.1. The minimum atomic E-state index is -0.598. The summed E-state index contributed by atoms with van der Waals surface area (Å²) in [6, 6.07) is 14.2. The zero-order chi connectivity index (χ0) is 23.8. The van der Waals surface area contributed by atoms with Crippen LogP contribution in [0.4, 0.5) is 4.39 Å². The molecule has 0 radical (unpaired) electrons. The number of benzene rings is 3. The summed E-state index contributed by atoms with van der Waals surface area (Å²) >= 11 is 0. The van der Waals surface area contributed by atoms with Gasteiger partial charge in [-0.2, -0.15) is 0 Å². The van der Waals surface area contributed by atoms with Gasteiger partial charge >= 0.3 is 0 Å². The Morgan fingerprint density at radius 1 is 1.12 bits per heavy atom. The Labute approximate surface area is 192 Å². The number of amides is 1. The topological polar surface area (TPSA) is 116 Å². The lowest BCUT2D eigenvalue weighted by Gasteiger charge is -2.12. The quantitative estimate of drug-likeness (QED) is 0.400. The largest absolute Gasteiger partial charge is 0.493 e. The zero-order valence-electron chi connectivity index (χ0n) is 18.2. The van der Waals surface area contributed by atoms with Gasteiger partial charge in [-0.05, 0) is 61.0 Å². The summed E-state index contributed by atoms with van der Waals surface area (Å²) in [5, 5.41) is 0.363. The molecule has 9 heteroatoms. The summed E-state index contributed by atoms with van der Waals surface area (Å²) in [6.45, 7) is 2.44. The Balaban J connectivity index is 1.67. The van der Waals surface area contributed by atoms with E-state index in [0.717, 1.165) is 6.42 Å². The first-order valence-corrected chi connectivity index (χ1v) is 10.7. The molecule has 0 aliphatic carbocycles. The van der Waals surface area contributed by atoms with E-state index in [9.17, 15) is 14.0 Å². The van der Waals surface area contributed by atoms with E-state index in [2.05, 4.69) is 15.0 Å². The van der Waals surface area contributed by atoms with Crippen molar-refractivity contribution in [2.75, 3.05) is 6.61 Å². The van der Waals surface area contributed by atoms with Crippen molar-refractivity contribution in [2.45, 2.75) is 13.3 Å². The summed E-state index contributed by atoms with van der Waals surface area (Å²) < 4.78 is 20.9. The number of H-pyrrole nitrogens is 1. The normalized spacial score (nSPS) is 11.2. The third-order valence-corrected chi connectivity index (χ3v) is 5.46. The summed E-state index contributed by atoms with van der Waals surface area (Å²) in [7, 11) is 0. The smallest absolute Gasteiger partial charge is 0.259 e. The van der Waals surface area contributed by atoms with E-state index in [1.807, 2.05) is 6.92 Å². The number of primary amides is 1. The number of imidazole rings is 1. The van der Waals surface area contributed by atoms with Crippen LogP contribution in [-0.2, 0) is 0 Å². The van der Waals surface area contributed by atoms with E-state index in [4.69, 9.17) is 10.5 Å². The van der Waals surface area contributed by atoms with Crippen LogP contribution < -0.4 is 16.0 Å². The number of fused-ring (bicyclic) bond motifs is 2. The maximum Gasteiger partial charge on any atom is 0.259 e.